The van der Waals surface area contributed by atoms with Crippen LogP contribution in [0.15, 0.2) is 10.5 Å². The van der Waals surface area contributed by atoms with Crippen LogP contribution in [0.5, 0.6) is 0 Å². The number of aryl methyl sites for hydroxylation is 1. The molecule has 3 rings (SSSR count). The number of halogens is 3. The van der Waals surface area contributed by atoms with E-state index in [1.54, 1.807) is 0 Å². The minimum atomic E-state index is 0.536. The SMILES string of the molecule is CCCNc1c2c(nc3c(Cl)c(Cl)c(Br)cc13)CCCC2. The number of rotatable bonds is 3. The predicted molar refractivity (Wildman–Crippen MR) is 94.9 cm³/mol. The number of hydrogen-bond acceptors (Lipinski definition) is 2. The minimum absolute atomic E-state index is 0.536. The molecule has 1 aromatic carbocycles. The summed E-state index contributed by atoms with van der Waals surface area (Å²) >= 11 is 16.2. The number of benzene rings is 1. The van der Waals surface area contributed by atoms with Gasteiger partial charge in [0, 0.05) is 27.8 Å². The van der Waals surface area contributed by atoms with Crippen molar-refractivity contribution in [1.29, 1.82) is 0 Å². The fourth-order valence-electron chi connectivity index (χ4n) is 2.92. The van der Waals surface area contributed by atoms with Crippen LogP contribution in [0.25, 0.3) is 10.9 Å². The number of anilines is 1. The molecule has 1 aliphatic carbocycles. The third-order valence-corrected chi connectivity index (χ3v) is 5.66. The summed E-state index contributed by atoms with van der Waals surface area (Å²) in [5.74, 6) is 0. The molecule has 1 heterocycles. The lowest BCUT2D eigenvalue weighted by molar-refractivity contribution is 0.672. The summed E-state index contributed by atoms with van der Waals surface area (Å²) in [6.07, 6.45) is 5.61. The molecule has 1 aromatic heterocycles. The Morgan fingerprint density at radius 1 is 1.24 bits per heavy atom. The maximum atomic E-state index is 6.43. The highest BCUT2D eigenvalue weighted by molar-refractivity contribution is 9.10. The molecule has 0 spiro atoms. The third-order valence-electron chi connectivity index (χ3n) is 3.94. The van der Waals surface area contributed by atoms with Crippen LogP contribution in [0.3, 0.4) is 0 Å². The van der Waals surface area contributed by atoms with E-state index >= 15 is 0 Å². The smallest absolute Gasteiger partial charge is 0.0928 e. The molecule has 0 saturated heterocycles. The van der Waals surface area contributed by atoms with E-state index < -0.39 is 0 Å². The summed E-state index contributed by atoms with van der Waals surface area (Å²) in [5, 5.41) is 5.71. The molecule has 21 heavy (non-hydrogen) atoms. The van der Waals surface area contributed by atoms with Crippen molar-refractivity contribution in [3.8, 4) is 0 Å². The Balaban J connectivity index is 2.31. The van der Waals surface area contributed by atoms with Crippen LogP contribution in [-0.4, -0.2) is 11.5 Å². The third kappa shape index (κ3) is 2.76. The molecule has 0 atom stereocenters. The number of fused-ring (bicyclic) bond motifs is 2. The van der Waals surface area contributed by atoms with Crippen LogP contribution in [0.1, 0.15) is 37.4 Å². The second-order valence-corrected chi connectivity index (χ2v) is 7.04. The molecule has 2 nitrogen and oxygen atoms in total. The monoisotopic (exact) mass is 386 g/mol. The highest BCUT2D eigenvalue weighted by Gasteiger charge is 2.21. The normalized spacial score (nSPS) is 14.3. The fourth-order valence-corrected chi connectivity index (χ4v) is 3.85. The van der Waals surface area contributed by atoms with Gasteiger partial charge in [-0.15, -0.1) is 0 Å². The minimum Gasteiger partial charge on any atom is -0.384 e. The molecule has 0 fully saturated rings. The number of hydrogen-bond donors (Lipinski definition) is 1. The highest BCUT2D eigenvalue weighted by atomic mass is 79.9. The molecule has 5 heteroatoms. The van der Waals surface area contributed by atoms with Crippen molar-refractivity contribution in [2.45, 2.75) is 39.0 Å². The first kappa shape index (κ1) is 15.4. The number of pyridine rings is 1. The molecule has 0 unspecified atom stereocenters. The molecule has 0 bridgehead atoms. The highest BCUT2D eigenvalue weighted by Crippen LogP contribution is 2.41. The van der Waals surface area contributed by atoms with Crippen molar-refractivity contribution in [2.24, 2.45) is 0 Å². The first-order valence-electron chi connectivity index (χ1n) is 7.36. The average Bonchev–Trinajstić information content (AvgIpc) is 2.50. The Morgan fingerprint density at radius 3 is 2.76 bits per heavy atom. The van der Waals surface area contributed by atoms with Crippen molar-refractivity contribution < 1.29 is 0 Å². The fraction of sp³-hybridized carbons (Fsp3) is 0.438. The summed E-state index contributed by atoms with van der Waals surface area (Å²) in [6, 6.07) is 2.03. The molecular weight excluding hydrogens is 371 g/mol. The standard InChI is InChI=1S/C16H17BrCl2N2/c1-2-7-20-15-9-5-3-4-6-12(9)21-16-10(15)8-11(17)13(18)14(16)19/h8H,2-7H2,1H3,(H,20,21). The van der Waals surface area contributed by atoms with E-state index in [0.717, 1.165) is 41.2 Å². The van der Waals surface area contributed by atoms with Gasteiger partial charge in [-0.3, -0.25) is 4.98 Å². The van der Waals surface area contributed by atoms with Crippen molar-refractivity contribution in [1.82, 2.24) is 4.98 Å². The summed E-state index contributed by atoms with van der Waals surface area (Å²) in [7, 11) is 0. The van der Waals surface area contributed by atoms with Gasteiger partial charge in [-0.05, 0) is 59.7 Å². The second kappa shape index (κ2) is 6.31. The summed E-state index contributed by atoms with van der Waals surface area (Å²) in [4.78, 5) is 4.81. The molecule has 0 aliphatic heterocycles. The number of aromatic nitrogens is 1. The summed E-state index contributed by atoms with van der Waals surface area (Å²) < 4.78 is 0.818. The van der Waals surface area contributed by atoms with Gasteiger partial charge in [0.2, 0.25) is 0 Å². The molecule has 0 amide bonds. The molecule has 112 valence electrons. The van der Waals surface area contributed by atoms with Crippen molar-refractivity contribution in [3.05, 3.63) is 31.8 Å². The zero-order valence-corrected chi connectivity index (χ0v) is 15.0. The topological polar surface area (TPSA) is 24.9 Å². The Bertz CT molecular complexity index is 701. The first-order chi connectivity index (χ1) is 10.1. The Hall–Kier alpha value is -0.510. The van der Waals surface area contributed by atoms with E-state index in [2.05, 4.69) is 28.2 Å². The molecule has 2 aromatic rings. The van der Waals surface area contributed by atoms with E-state index in [1.807, 2.05) is 6.07 Å². The van der Waals surface area contributed by atoms with E-state index in [-0.39, 0.29) is 0 Å². The quantitative estimate of drug-likeness (QED) is 0.652. The van der Waals surface area contributed by atoms with Gasteiger partial charge in [0.15, 0.2) is 0 Å². The zero-order chi connectivity index (χ0) is 15.0. The van der Waals surface area contributed by atoms with Crippen molar-refractivity contribution in [3.63, 3.8) is 0 Å². The van der Waals surface area contributed by atoms with Gasteiger partial charge in [-0.25, -0.2) is 0 Å². The van der Waals surface area contributed by atoms with Crippen molar-refractivity contribution in [2.75, 3.05) is 11.9 Å². The molecule has 0 saturated carbocycles. The Morgan fingerprint density at radius 2 is 2.00 bits per heavy atom. The van der Waals surface area contributed by atoms with Gasteiger partial charge < -0.3 is 5.32 Å². The predicted octanol–water partition coefficient (Wildman–Crippen LogP) is 6.00. The van der Waals surface area contributed by atoms with Gasteiger partial charge in [0.1, 0.15) is 0 Å². The summed E-state index contributed by atoms with van der Waals surface area (Å²) in [6.45, 7) is 3.12. The lowest BCUT2D eigenvalue weighted by Crippen LogP contribution is -2.12. The maximum absolute atomic E-state index is 6.43. The lowest BCUT2D eigenvalue weighted by atomic mass is 9.92. The van der Waals surface area contributed by atoms with E-state index in [4.69, 9.17) is 28.2 Å². The lowest BCUT2D eigenvalue weighted by Gasteiger charge is -2.22. The van der Waals surface area contributed by atoms with Crippen molar-refractivity contribution >= 4 is 55.7 Å². The van der Waals surface area contributed by atoms with E-state index in [9.17, 15) is 0 Å². The second-order valence-electron chi connectivity index (χ2n) is 5.43. The van der Waals surface area contributed by atoms with Gasteiger partial charge in [-0.2, -0.15) is 0 Å². The zero-order valence-electron chi connectivity index (χ0n) is 11.9. The van der Waals surface area contributed by atoms with Crippen LogP contribution < -0.4 is 5.32 Å². The van der Waals surface area contributed by atoms with Gasteiger partial charge >= 0.3 is 0 Å². The first-order valence-corrected chi connectivity index (χ1v) is 8.91. The summed E-state index contributed by atoms with van der Waals surface area (Å²) in [5.41, 5.74) is 4.53. The molecule has 1 N–H and O–H groups in total. The van der Waals surface area contributed by atoms with Gasteiger partial charge in [0.25, 0.3) is 0 Å². The van der Waals surface area contributed by atoms with E-state index in [1.165, 1.54) is 29.8 Å². The van der Waals surface area contributed by atoms with E-state index in [0.29, 0.717) is 10.0 Å². The molecule has 0 radical (unpaired) electrons. The average molecular weight is 388 g/mol. The number of nitrogens with one attached hydrogen (secondary N) is 1. The Labute approximate surface area is 143 Å². The molecular formula is C16H17BrCl2N2. The van der Waals surface area contributed by atoms with Crippen LogP contribution >= 0.6 is 39.1 Å². The number of nitrogens with zero attached hydrogens (tertiary/aromatic N) is 1. The Kier molecular flexibility index (Phi) is 4.63. The van der Waals surface area contributed by atoms with Crippen LogP contribution in [0.4, 0.5) is 5.69 Å². The van der Waals surface area contributed by atoms with Crippen LogP contribution in [0.2, 0.25) is 10.0 Å². The maximum Gasteiger partial charge on any atom is 0.0928 e. The molecule has 1 aliphatic rings. The van der Waals surface area contributed by atoms with Crippen LogP contribution in [-0.2, 0) is 12.8 Å². The van der Waals surface area contributed by atoms with Gasteiger partial charge in [-0.1, -0.05) is 30.1 Å². The van der Waals surface area contributed by atoms with Gasteiger partial charge in [0.05, 0.1) is 15.6 Å². The largest absolute Gasteiger partial charge is 0.384 e. The van der Waals surface area contributed by atoms with Crippen LogP contribution in [0, 0.1) is 0 Å².